The summed E-state index contributed by atoms with van der Waals surface area (Å²) in [6, 6.07) is 11.9. The van der Waals surface area contributed by atoms with E-state index in [2.05, 4.69) is 10.2 Å². The zero-order valence-corrected chi connectivity index (χ0v) is 21.0. The van der Waals surface area contributed by atoms with E-state index in [-0.39, 0.29) is 23.6 Å². The molecule has 7 nitrogen and oxygen atoms in total. The van der Waals surface area contributed by atoms with E-state index in [1.807, 2.05) is 20.8 Å². The van der Waals surface area contributed by atoms with Gasteiger partial charge in [0.2, 0.25) is 5.91 Å². The molecule has 2 aromatic rings. The monoisotopic (exact) mass is 500 g/mol. The molecular weight excluding hydrogens is 466 g/mol. The summed E-state index contributed by atoms with van der Waals surface area (Å²) >= 11 is 0. The normalized spacial score (nSPS) is 19.4. The van der Waals surface area contributed by atoms with E-state index < -0.39 is 17.7 Å². The van der Waals surface area contributed by atoms with Crippen LogP contribution in [0.15, 0.2) is 48.5 Å². The van der Waals surface area contributed by atoms with E-state index in [0.29, 0.717) is 45.8 Å². The lowest BCUT2D eigenvalue weighted by Crippen LogP contribution is -2.62. The molecule has 2 amide bonds. The number of benzene rings is 2. The standard InChI is InChI=1S/C27H34F2N4O3/c1-27(2,3)36-26(35)33-13-12-30-18-23(33)25(34)32-16-14-31(15-17-32)24(19-4-8-21(28)9-5-19)20-6-10-22(29)11-7-20/h4-11,23-24,30H,12-18H2,1-3H3. The van der Waals surface area contributed by atoms with Gasteiger partial charge >= 0.3 is 6.09 Å². The number of halogens is 2. The van der Waals surface area contributed by atoms with E-state index in [4.69, 9.17) is 4.74 Å². The van der Waals surface area contributed by atoms with Crippen molar-refractivity contribution in [1.82, 2.24) is 20.0 Å². The van der Waals surface area contributed by atoms with Gasteiger partial charge in [-0.3, -0.25) is 14.6 Å². The second-order valence-corrected chi connectivity index (χ2v) is 10.3. The first-order valence-corrected chi connectivity index (χ1v) is 12.4. The summed E-state index contributed by atoms with van der Waals surface area (Å²) in [6.45, 7) is 8.94. The highest BCUT2D eigenvalue weighted by molar-refractivity contribution is 5.86. The fourth-order valence-corrected chi connectivity index (χ4v) is 4.78. The minimum absolute atomic E-state index is 0.104. The second kappa shape index (κ2) is 10.9. The number of amides is 2. The Labute approximate surface area is 211 Å². The molecule has 2 aromatic carbocycles. The van der Waals surface area contributed by atoms with Gasteiger partial charge in [-0.2, -0.15) is 0 Å². The third-order valence-corrected chi connectivity index (χ3v) is 6.52. The maximum absolute atomic E-state index is 13.6. The van der Waals surface area contributed by atoms with Gasteiger partial charge in [0.05, 0.1) is 6.04 Å². The number of piperazine rings is 2. The molecule has 0 aromatic heterocycles. The molecule has 1 N–H and O–H groups in total. The van der Waals surface area contributed by atoms with Crippen LogP contribution in [-0.2, 0) is 9.53 Å². The van der Waals surface area contributed by atoms with E-state index in [9.17, 15) is 18.4 Å². The summed E-state index contributed by atoms with van der Waals surface area (Å²) in [5.74, 6) is -0.738. The molecule has 2 aliphatic heterocycles. The largest absolute Gasteiger partial charge is 0.444 e. The fourth-order valence-electron chi connectivity index (χ4n) is 4.78. The predicted octanol–water partition coefficient (Wildman–Crippen LogP) is 3.41. The number of nitrogens with zero attached hydrogens (tertiary/aromatic N) is 3. The summed E-state index contributed by atoms with van der Waals surface area (Å²) in [5, 5.41) is 3.21. The van der Waals surface area contributed by atoms with Crippen LogP contribution in [0.3, 0.4) is 0 Å². The fraction of sp³-hybridized carbons (Fsp3) is 0.481. The highest BCUT2D eigenvalue weighted by Gasteiger charge is 2.38. The molecule has 1 unspecified atom stereocenters. The van der Waals surface area contributed by atoms with Crippen LogP contribution in [-0.4, -0.2) is 84.2 Å². The van der Waals surface area contributed by atoms with Gasteiger partial charge in [0.25, 0.3) is 0 Å². The lowest BCUT2D eigenvalue weighted by Gasteiger charge is -2.43. The van der Waals surface area contributed by atoms with Crippen molar-refractivity contribution in [2.75, 3.05) is 45.8 Å². The lowest BCUT2D eigenvalue weighted by molar-refractivity contribution is -0.139. The van der Waals surface area contributed by atoms with Gasteiger partial charge in [0, 0.05) is 45.8 Å². The van der Waals surface area contributed by atoms with Crippen molar-refractivity contribution in [2.45, 2.75) is 38.5 Å². The Balaban J connectivity index is 1.47. The summed E-state index contributed by atoms with van der Waals surface area (Å²) < 4.78 is 32.7. The molecule has 194 valence electrons. The molecule has 2 heterocycles. The first kappa shape index (κ1) is 26.0. The van der Waals surface area contributed by atoms with Crippen LogP contribution >= 0.6 is 0 Å². The van der Waals surface area contributed by atoms with Crippen molar-refractivity contribution < 1.29 is 23.1 Å². The Morgan fingerprint density at radius 3 is 1.92 bits per heavy atom. The van der Waals surface area contributed by atoms with Crippen molar-refractivity contribution in [2.24, 2.45) is 0 Å². The minimum atomic E-state index is -0.642. The van der Waals surface area contributed by atoms with Gasteiger partial charge in [-0.25, -0.2) is 13.6 Å². The number of hydrogen-bond donors (Lipinski definition) is 1. The van der Waals surface area contributed by atoms with Crippen LogP contribution in [0.1, 0.15) is 37.9 Å². The quantitative estimate of drug-likeness (QED) is 0.697. The van der Waals surface area contributed by atoms with Crippen LogP contribution in [0, 0.1) is 11.6 Å². The van der Waals surface area contributed by atoms with E-state index in [1.165, 1.54) is 29.2 Å². The highest BCUT2D eigenvalue weighted by atomic mass is 19.1. The Bertz CT molecular complexity index is 1000. The van der Waals surface area contributed by atoms with Crippen molar-refractivity contribution in [3.63, 3.8) is 0 Å². The lowest BCUT2D eigenvalue weighted by atomic mass is 9.96. The molecule has 0 saturated carbocycles. The zero-order chi connectivity index (χ0) is 25.9. The number of hydrogen-bond acceptors (Lipinski definition) is 5. The van der Waals surface area contributed by atoms with Crippen molar-refractivity contribution >= 4 is 12.0 Å². The SMILES string of the molecule is CC(C)(C)OC(=O)N1CCNCC1C(=O)N1CCN(C(c2ccc(F)cc2)c2ccc(F)cc2)CC1. The number of nitrogens with one attached hydrogen (secondary N) is 1. The second-order valence-electron chi connectivity index (χ2n) is 10.3. The van der Waals surface area contributed by atoms with Crippen LogP contribution in [0.2, 0.25) is 0 Å². The molecule has 36 heavy (non-hydrogen) atoms. The number of carbonyl (C=O) groups excluding carboxylic acids is 2. The van der Waals surface area contributed by atoms with Crippen molar-refractivity contribution in [1.29, 1.82) is 0 Å². The first-order valence-electron chi connectivity index (χ1n) is 12.4. The molecule has 4 rings (SSSR count). The Kier molecular flexibility index (Phi) is 7.90. The topological polar surface area (TPSA) is 65.1 Å². The van der Waals surface area contributed by atoms with Gasteiger partial charge in [-0.1, -0.05) is 24.3 Å². The molecule has 0 spiro atoms. The smallest absolute Gasteiger partial charge is 0.411 e. The molecule has 2 aliphatic rings. The Morgan fingerprint density at radius 2 is 1.42 bits per heavy atom. The molecule has 2 saturated heterocycles. The maximum atomic E-state index is 13.6. The molecule has 2 fully saturated rings. The molecule has 0 aliphatic carbocycles. The third kappa shape index (κ3) is 6.20. The zero-order valence-electron chi connectivity index (χ0n) is 21.0. The summed E-state index contributed by atoms with van der Waals surface area (Å²) in [5.41, 5.74) is 1.16. The summed E-state index contributed by atoms with van der Waals surface area (Å²) in [6.07, 6.45) is -0.478. The predicted molar refractivity (Wildman–Crippen MR) is 132 cm³/mol. The van der Waals surface area contributed by atoms with Gasteiger partial charge in [-0.05, 0) is 56.2 Å². The van der Waals surface area contributed by atoms with Crippen molar-refractivity contribution in [3.8, 4) is 0 Å². The van der Waals surface area contributed by atoms with Crippen molar-refractivity contribution in [3.05, 3.63) is 71.3 Å². The third-order valence-electron chi connectivity index (χ3n) is 6.52. The van der Waals surface area contributed by atoms with E-state index in [1.54, 1.807) is 29.2 Å². The number of carbonyl (C=O) groups is 2. The number of ether oxygens (including phenoxy) is 1. The van der Waals surface area contributed by atoms with Crippen LogP contribution in [0.4, 0.5) is 13.6 Å². The average molecular weight is 501 g/mol. The van der Waals surface area contributed by atoms with Gasteiger partial charge in [0.1, 0.15) is 23.3 Å². The van der Waals surface area contributed by atoms with Crippen LogP contribution < -0.4 is 5.32 Å². The van der Waals surface area contributed by atoms with Gasteiger partial charge < -0.3 is 15.0 Å². The van der Waals surface area contributed by atoms with Crippen LogP contribution in [0.5, 0.6) is 0 Å². The van der Waals surface area contributed by atoms with Crippen LogP contribution in [0.25, 0.3) is 0 Å². The first-order chi connectivity index (χ1) is 17.1. The Morgan fingerprint density at radius 1 is 0.889 bits per heavy atom. The van der Waals surface area contributed by atoms with Gasteiger partial charge in [0.15, 0.2) is 0 Å². The highest BCUT2D eigenvalue weighted by Crippen LogP contribution is 2.30. The summed E-state index contributed by atoms with van der Waals surface area (Å²) in [4.78, 5) is 31.7. The van der Waals surface area contributed by atoms with E-state index >= 15 is 0 Å². The number of rotatable bonds is 4. The van der Waals surface area contributed by atoms with E-state index in [0.717, 1.165) is 11.1 Å². The average Bonchev–Trinajstić information content (AvgIpc) is 2.85. The minimum Gasteiger partial charge on any atom is -0.444 e. The molecular formula is C27H34F2N4O3. The maximum Gasteiger partial charge on any atom is 0.411 e. The molecule has 0 bridgehead atoms. The molecule has 0 radical (unpaired) electrons. The molecule has 9 heteroatoms. The van der Waals surface area contributed by atoms with Gasteiger partial charge in [-0.15, -0.1) is 0 Å². The summed E-state index contributed by atoms with van der Waals surface area (Å²) in [7, 11) is 0. The molecule has 1 atom stereocenters. The Hall–Kier alpha value is -3.04.